The number of carbonyl (C=O) groups is 2. The van der Waals surface area contributed by atoms with Gasteiger partial charge < -0.3 is 19.7 Å². The Balaban J connectivity index is 0.000000301. The number of hydrogen-bond acceptors (Lipinski definition) is 6. The molecule has 0 unspecified atom stereocenters. The number of carboxylic acid groups (broad SMARTS) is 2. The van der Waals surface area contributed by atoms with Crippen LogP contribution in [-0.4, -0.2) is 96.3 Å². The van der Waals surface area contributed by atoms with Crippen molar-refractivity contribution in [2.45, 2.75) is 50.1 Å². The van der Waals surface area contributed by atoms with E-state index in [0.717, 1.165) is 38.0 Å². The van der Waals surface area contributed by atoms with Crippen LogP contribution in [0.3, 0.4) is 0 Å². The number of aliphatic carboxylic acids is 2. The van der Waals surface area contributed by atoms with Crippen LogP contribution in [0.15, 0.2) is 24.3 Å². The van der Waals surface area contributed by atoms with E-state index in [9.17, 15) is 26.3 Å². The van der Waals surface area contributed by atoms with Crippen molar-refractivity contribution in [1.29, 1.82) is 0 Å². The Labute approximate surface area is 216 Å². The van der Waals surface area contributed by atoms with E-state index in [-0.39, 0.29) is 0 Å². The third-order valence-electron chi connectivity index (χ3n) is 6.56. The molecule has 3 fully saturated rings. The molecule has 8 nitrogen and oxygen atoms in total. The number of likely N-dealkylation sites (tertiary alicyclic amines) is 1. The van der Waals surface area contributed by atoms with Crippen LogP contribution >= 0.6 is 0 Å². The first-order chi connectivity index (χ1) is 17.7. The molecule has 0 amide bonds. The molecular weight excluding hydrogens is 526 g/mol. The summed E-state index contributed by atoms with van der Waals surface area (Å²) in [6.45, 7) is 7.70. The van der Waals surface area contributed by atoms with Gasteiger partial charge in [-0.05, 0) is 49.3 Å². The molecule has 14 heteroatoms. The number of alkyl halides is 6. The van der Waals surface area contributed by atoms with Crippen LogP contribution in [-0.2, 0) is 20.9 Å². The van der Waals surface area contributed by atoms with Crippen molar-refractivity contribution in [3.8, 4) is 5.75 Å². The Morgan fingerprint density at radius 1 is 0.974 bits per heavy atom. The van der Waals surface area contributed by atoms with Crippen LogP contribution in [0.1, 0.15) is 31.2 Å². The fourth-order valence-electron chi connectivity index (χ4n) is 4.24. The lowest BCUT2D eigenvalue weighted by atomic mass is 9.85. The molecular formula is C24H32F6N2O6. The number of carboxylic acids is 2. The summed E-state index contributed by atoms with van der Waals surface area (Å²) in [6, 6.07) is 8.50. The molecule has 0 bridgehead atoms. The SMILES string of the molecule is COc1ccc(CN2CCC3(CC2)COCCN3CC2CC2)cc1.O=C(O)C(F)(F)F.O=C(O)C(F)(F)F. The Bertz CT molecular complexity index is 873. The normalized spacial score (nSPS) is 20.0. The zero-order chi connectivity index (χ0) is 28.6. The van der Waals surface area contributed by atoms with Gasteiger partial charge in [0.25, 0.3) is 0 Å². The first-order valence-electron chi connectivity index (χ1n) is 11.9. The molecule has 1 saturated carbocycles. The number of halogens is 6. The number of methoxy groups -OCH3 is 1. The molecule has 1 aromatic rings. The van der Waals surface area contributed by atoms with Gasteiger partial charge in [-0.25, -0.2) is 9.59 Å². The zero-order valence-electron chi connectivity index (χ0n) is 20.9. The van der Waals surface area contributed by atoms with Gasteiger partial charge in [0.05, 0.1) is 20.3 Å². The summed E-state index contributed by atoms with van der Waals surface area (Å²) in [6.07, 6.45) is -4.79. The number of hydrogen-bond donors (Lipinski definition) is 2. The van der Waals surface area contributed by atoms with Gasteiger partial charge in [-0.3, -0.25) is 9.80 Å². The number of benzene rings is 1. The van der Waals surface area contributed by atoms with Gasteiger partial charge in [-0.1, -0.05) is 12.1 Å². The van der Waals surface area contributed by atoms with Crippen LogP contribution < -0.4 is 4.74 Å². The highest BCUT2D eigenvalue weighted by Gasteiger charge is 2.44. The van der Waals surface area contributed by atoms with E-state index >= 15 is 0 Å². The van der Waals surface area contributed by atoms with Crippen molar-refractivity contribution in [3.05, 3.63) is 29.8 Å². The second kappa shape index (κ2) is 13.5. The minimum absolute atomic E-state index is 0.317. The summed E-state index contributed by atoms with van der Waals surface area (Å²) >= 11 is 0. The van der Waals surface area contributed by atoms with Crippen LogP contribution in [0.4, 0.5) is 26.3 Å². The lowest BCUT2D eigenvalue weighted by Gasteiger charge is -2.51. The summed E-state index contributed by atoms with van der Waals surface area (Å²) in [4.78, 5) is 23.2. The highest BCUT2D eigenvalue weighted by atomic mass is 19.4. The molecule has 4 rings (SSSR count). The predicted molar refractivity (Wildman–Crippen MR) is 123 cm³/mol. The largest absolute Gasteiger partial charge is 0.497 e. The van der Waals surface area contributed by atoms with Gasteiger partial charge in [-0.2, -0.15) is 26.3 Å². The minimum atomic E-state index is -5.08. The molecule has 1 spiro atoms. The molecule has 38 heavy (non-hydrogen) atoms. The van der Waals surface area contributed by atoms with Crippen LogP contribution in [0.2, 0.25) is 0 Å². The average molecular weight is 559 g/mol. The smallest absolute Gasteiger partial charge is 0.490 e. The third kappa shape index (κ3) is 10.3. The molecule has 0 radical (unpaired) electrons. The maximum absolute atomic E-state index is 10.6. The average Bonchev–Trinajstić information content (AvgIpc) is 3.66. The Morgan fingerprint density at radius 3 is 1.89 bits per heavy atom. The minimum Gasteiger partial charge on any atom is -0.497 e. The summed E-state index contributed by atoms with van der Waals surface area (Å²) in [7, 11) is 1.72. The van der Waals surface area contributed by atoms with Crippen LogP contribution in [0, 0.1) is 5.92 Å². The number of morpholine rings is 1. The van der Waals surface area contributed by atoms with Gasteiger partial charge in [0.15, 0.2) is 0 Å². The van der Waals surface area contributed by atoms with Gasteiger partial charge in [0.2, 0.25) is 0 Å². The lowest BCUT2D eigenvalue weighted by Crippen LogP contribution is -2.61. The third-order valence-corrected chi connectivity index (χ3v) is 6.56. The van der Waals surface area contributed by atoms with E-state index in [1.165, 1.54) is 50.9 Å². The van der Waals surface area contributed by atoms with E-state index in [1.54, 1.807) is 7.11 Å². The maximum atomic E-state index is 10.6. The van der Waals surface area contributed by atoms with Gasteiger partial charge in [0, 0.05) is 38.3 Å². The van der Waals surface area contributed by atoms with Gasteiger partial charge >= 0.3 is 24.3 Å². The standard InChI is InChI=1S/C20H30N2O2.2C2HF3O2/c1-23-19-6-4-17(5-7-19)14-21-10-8-20(9-11-21)16-24-13-12-22(20)15-18-2-3-18;2*3-2(4,5)1(6)7/h4-7,18H,2-3,8-16H2,1H3;2*(H,6,7). The summed E-state index contributed by atoms with van der Waals surface area (Å²) in [5.41, 5.74) is 1.69. The Hall–Kier alpha value is -2.58. The van der Waals surface area contributed by atoms with E-state index < -0.39 is 24.3 Å². The molecule has 0 atom stereocenters. The lowest BCUT2D eigenvalue weighted by molar-refractivity contribution is -0.193. The molecule has 2 saturated heterocycles. The predicted octanol–water partition coefficient (Wildman–Crippen LogP) is 4.04. The molecule has 2 N–H and O–H groups in total. The van der Waals surface area contributed by atoms with E-state index in [4.69, 9.17) is 29.3 Å². The van der Waals surface area contributed by atoms with Crippen molar-refractivity contribution in [3.63, 3.8) is 0 Å². The van der Waals surface area contributed by atoms with Crippen LogP contribution in [0.5, 0.6) is 5.75 Å². The van der Waals surface area contributed by atoms with E-state index in [1.807, 2.05) is 0 Å². The highest BCUT2D eigenvalue weighted by Crippen LogP contribution is 2.37. The van der Waals surface area contributed by atoms with Crippen molar-refractivity contribution < 1.29 is 55.6 Å². The summed E-state index contributed by atoms with van der Waals surface area (Å²) in [5.74, 6) is -3.61. The fourth-order valence-corrected chi connectivity index (χ4v) is 4.24. The second-order valence-corrected chi connectivity index (χ2v) is 9.40. The molecule has 3 aliphatic rings. The first-order valence-corrected chi connectivity index (χ1v) is 11.9. The van der Waals surface area contributed by atoms with Crippen molar-refractivity contribution >= 4 is 11.9 Å². The topological polar surface area (TPSA) is 99.5 Å². The Morgan fingerprint density at radius 2 is 1.47 bits per heavy atom. The fraction of sp³-hybridized carbons (Fsp3) is 0.667. The first kappa shape index (κ1) is 31.6. The molecule has 2 heterocycles. The number of piperidine rings is 1. The van der Waals surface area contributed by atoms with E-state index in [0.29, 0.717) is 5.54 Å². The van der Waals surface area contributed by atoms with Crippen molar-refractivity contribution in [1.82, 2.24) is 9.80 Å². The van der Waals surface area contributed by atoms with Crippen molar-refractivity contribution in [2.24, 2.45) is 5.92 Å². The van der Waals surface area contributed by atoms with Crippen LogP contribution in [0.25, 0.3) is 0 Å². The molecule has 216 valence electrons. The molecule has 0 aromatic heterocycles. The summed E-state index contributed by atoms with van der Waals surface area (Å²) < 4.78 is 74.6. The van der Waals surface area contributed by atoms with E-state index in [2.05, 4.69) is 34.1 Å². The Kier molecular flexibility index (Phi) is 11.2. The molecule has 1 aromatic carbocycles. The van der Waals surface area contributed by atoms with Crippen molar-refractivity contribution in [2.75, 3.05) is 46.5 Å². The molecule has 1 aliphatic carbocycles. The number of rotatable bonds is 5. The van der Waals surface area contributed by atoms with Gasteiger partial charge in [-0.15, -0.1) is 0 Å². The highest BCUT2D eigenvalue weighted by molar-refractivity contribution is 5.73. The maximum Gasteiger partial charge on any atom is 0.490 e. The number of nitrogens with zero attached hydrogens (tertiary/aromatic N) is 2. The summed E-state index contributed by atoms with van der Waals surface area (Å²) in [5, 5.41) is 14.2. The molecule has 2 aliphatic heterocycles. The van der Waals surface area contributed by atoms with Gasteiger partial charge in [0.1, 0.15) is 5.75 Å². The zero-order valence-corrected chi connectivity index (χ0v) is 20.9. The second-order valence-electron chi connectivity index (χ2n) is 9.40. The monoisotopic (exact) mass is 558 g/mol. The quantitative estimate of drug-likeness (QED) is 0.523. The number of ether oxygens (including phenoxy) is 2.